The van der Waals surface area contributed by atoms with Gasteiger partial charge in [0.25, 0.3) is 0 Å². The van der Waals surface area contributed by atoms with Crippen LogP contribution in [0, 0.1) is 0 Å². The summed E-state index contributed by atoms with van der Waals surface area (Å²) in [5.41, 5.74) is 3.98. The number of methoxy groups -OCH3 is 1. The van der Waals surface area contributed by atoms with Gasteiger partial charge in [0.05, 0.1) is 13.7 Å². The second-order valence-corrected chi connectivity index (χ2v) is 7.84. The molecule has 1 N–H and O–H groups in total. The topological polar surface area (TPSA) is 41.6 Å². The zero-order chi connectivity index (χ0) is 19.2. The molecule has 1 amide bonds. The van der Waals surface area contributed by atoms with E-state index in [2.05, 4.69) is 61.3 Å². The van der Waals surface area contributed by atoms with Gasteiger partial charge in [0, 0.05) is 11.1 Å². The second-order valence-electron chi connectivity index (χ2n) is 7.84. The fourth-order valence-electron chi connectivity index (χ4n) is 4.40. The predicted molar refractivity (Wildman–Crippen MR) is 109 cm³/mol. The van der Waals surface area contributed by atoms with Crippen molar-refractivity contribution in [3.63, 3.8) is 0 Å². The lowest BCUT2D eigenvalue weighted by Gasteiger charge is -2.40. The van der Waals surface area contributed by atoms with E-state index in [0.717, 1.165) is 23.4 Å². The Balaban J connectivity index is 1.81. The number of carbonyl (C=O) groups is 1. The predicted octanol–water partition coefficient (Wildman–Crippen LogP) is 3.89. The maximum absolute atomic E-state index is 12.4. The molecule has 0 aromatic heterocycles. The maximum atomic E-state index is 12.4. The van der Waals surface area contributed by atoms with E-state index in [1.807, 2.05) is 24.3 Å². The lowest BCUT2D eigenvalue weighted by Crippen LogP contribution is -2.58. The Kier molecular flexibility index (Phi) is 4.02. The molecule has 1 fully saturated rings. The molecule has 140 valence electrons. The van der Waals surface area contributed by atoms with E-state index in [1.54, 1.807) is 7.11 Å². The van der Waals surface area contributed by atoms with E-state index in [4.69, 9.17) is 4.74 Å². The first-order valence-electron chi connectivity index (χ1n) is 9.46. The molecule has 2 aliphatic rings. The maximum Gasteiger partial charge on any atom is 0.241 e. The third-order valence-corrected chi connectivity index (χ3v) is 6.05. The number of fused-ring (bicyclic) bond motifs is 3. The molecule has 4 nitrogen and oxygen atoms in total. The minimum Gasteiger partial charge on any atom is -0.497 e. The molecule has 1 saturated heterocycles. The van der Waals surface area contributed by atoms with Crippen molar-refractivity contribution in [3.8, 4) is 5.75 Å². The van der Waals surface area contributed by atoms with Crippen molar-refractivity contribution < 1.29 is 9.53 Å². The molecule has 0 unspecified atom stereocenters. The standard InChI is InChI=1S/C23H26N2O2/c1-5-16-9-10-20-19(14-16)22(2,3)23(24-21(26)15-25(20)23)12-11-17-7-6-8-18(13-17)27-4/h6-14H,5,15H2,1-4H3,(H,24,26)/b12-11+/t23-/m1/s1. The molecule has 0 radical (unpaired) electrons. The molecule has 2 aromatic carbocycles. The van der Waals surface area contributed by atoms with Gasteiger partial charge in [0.2, 0.25) is 5.91 Å². The summed E-state index contributed by atoms with van der Waals surface area (Å²) >= 11 is 0. The molecule has 0 saturated carbocycles. The Morgan fingerprint density at radius 3 is 2.78 bits per heavy atom. The van der Waals surface area contributed by atoms with E-state index in [9.17, 15) is 4.79 Å². The first-order chi connectivity index (χ1) is 12.9. The van der Waals surface area contributed by atoms with Crippen LogP contribution < -0.4 is 15.0 Å². The minimum atomic E-state index is -0.568. The highest BCUT2D eigenvalue weighted by Gasteiger charge is 2.59. The van der Waals surface area contributed by atoms with Crippen molar-refractivity contribution in [2.45, 2.75) is 38.3 Å². The molecule has 0 bridgehead atoms. The van der Waals surface area contributed by atoms with Crippen molar-refractivity contribution in [1.82, 2.24) is 5.32 Å². The van der Waals surface area contributed by atoms with Gasteiger partial charge < -0.3 is 15.0 Å². The van der Waals surface area contributed by atoms with Crippen LogP contribution in [0.1, 0.15) is 37.5 Å². The van der Waals surface area contributed by atoms with Crippen LogP contribution in [0.5, 0.6) is 5.75 Å². The lowest BCUT2D eigenvalue weighted by molar-refractivity contribution is -0.118. The van der Waals surface area contributed by atoms with Crippen LogP contribution in [0.15, 0.2) is 48.5 Å². The van der Waals surface area contributed by atoms with E-state index in [1.165, 1.54) is 11.1 Å². The van der Waals surface area contributed by atoms with Crippen LogP contribution in [-0.4, -0.2) is 25.2 Å². The molecule has 2 heterocycles. The Labute approximate surface area is 160 Å². The summed E-state index contributed by atoms with van der Waals surface area (Å²) in [7, 11) is 1.67. The van der Waals surface area contributed by atoms with Crippen molar-refractivity contribution in [2.75, 3.05) is 18.6 Å². The average molecular weight is 362 g/mol. The number of aryl methyl sites for hydroxylation is 1. The largest absolute Gasteiger partial charge is 0.497 e. The van der Waals surface area contributed by atoms with Crippen molar-refractivity contribution in [1.29, 1.82) is 0 Å². The molecule has 27 heavy (non-hydrogen) atoms. The summed E-state index contributed by atoms with van der Waals surface area (Å²) in [6.45, 7) is 6.98. The monoisotopic (exact) mass is 362 g/mol. The Morgan fingerprint density at radius 1 is 1.22 bits per heavy atom. The van der Waals surface area contributed by atoms with E-state index in [-0.39, 0.29) is 11.3 Å². The number of benzene rings is 2. The second kappa shape index (κ2) is 6.15. The SMILES string of the molecule is CCc1ccc2c(c1)C(C)(C)[C@]1(/C=C/c3cccc(OC)c3)NC(=O)CN21. The Bertz CT molecular complexity index is 932. The summed E-state index contributed by atoms with van der Waals surface area (Å²) in [4.78, 5) is 14.6. The van der Waals surface area contributed by atoms with Gasteiger partial charge in [-0.3, -0.25) is 4.79 Å². The third-order valence-electron chi connectivity index (χ3n) is 6.05. The van der Waals surface area contributed by atoms with E-state index < -0.39 is 5.66 Å². The molecule has 0 spiro atoms. The van der Waals surface area contributed by atoms with Gasteiger partial charge in [-0.15, -0.1) is 0 Å². The Morgan fingerprint density at radius 2 is 2.04 bits per heavy atom. The fraction of sp³-hybridized carbons (Fsp3) is 0.348. The fourth-order valence-corrected chi connectivity index (χ4v) is 4.40. The van der Waals surface area contributed by atoms with Crippen LogP contribution in [0.4, 0.5) is 5.69 Å². The summed E-state index contributed by atoms with van der Waals surface area (Å²) in [5, 5.41) is 3.27. The van der Waals surface area contributed by atoms with Gasteiger partial charge in [-0.25, -0.2) is 0 Å². The number of rotatable bonds is 4. The van der Waals surface area contributed by atoms with Gasteiger partial charge in [-0.2, -0.15) is 0 Å². The molecule has 1 atom stereocenters. The molecule has 4 rings (SSSR count). The third kappa shape index (κ3) is 2.54. The van der Waals surface area contributed by atoms with Gasteiger partial charge in [0.1, 0.15) is 11.4 Å². The number of amides is 1. The summed E-state index contributed by atoms with van der Waals surface area (Å²) < 4.78 is 5.33. The van der Waals surface area contributed by atoms with E-state index >= 15 is 0 Å². The quantitative estimate of drug-likeness (QED) is 0.897. The summed E-state index contributed by atoms with van der Waals surface area (Å²) in [6.07, 6.45) is 5.22. The number of anilines is 1. The van der Waals surface area contributed by atoms with Crippen LogP contribution in [0.3, 0.4) is 0 Å². The number of nitrogens with one attached hydrogen (secondary N) is 1. The highest BCUT2D eigenvalue weighted by molar-refractivity contribution is 5.91. The molecular formula is C23H26N2O2. The number of hydrogen-bond acceptors (Lipinski definition) is 3. The molecule has 4 heteroatoms. The number of nitrogens with zero attached hydrogens (tertiary/aromatic N) is 1. The highest BCUT2D eigenvalue weighted by Crippen LogP contribution is 2.53. The first kappa shape index (κ1) is 17.7. The molecule has 2 aliphatic heterocycles. The average Bonchev–Trinajstić information content (AvgIpc) is 3.10. The van der Waals surface area contributed by atoms with E-state index in [0.29, 0.717) is 6.54 Å². The normalized spacial score (nSPS) is 22.7. The Hall–Kier alpha value is -2.75. The van der Waals surface area contributed by atoms with Crippen molar-refractivity contribution in [3.05, 3.63) is 65.2 Å². The molecular weight excluding hydrogens is 336 g/mol. The zero-order valence-electron chi connectivity index (χ0n) is 16.4. The van der Waals surface area contributed by atoms with Crippen LogP contribution in [-0.2, 0) is 16.6 Å². The smallest absolute Gasteiger partial charge is 0.241 e. The summed E-state index contributed by atoms with van der Waals surface area (Å²) in [6, 6.07) is 14.6. The van der Waals surface area contributed by atoms with Gasteiger partial charge in [-0.05, 0) is 47.4 Å². The van der Waals surface area contributed by atoms with Crippen molar-refractivity contribution >= 4 is 17.7 Å². The zero-order valence-corrected chi connectivity index (χ0v) is 16.4. The van der Waals surface area contributed by atoms with Crippen LogP contribution in [0.2, 0.25) is 0 Å². The lowest BCUT2D eigenvalue weighted by atomic mass is 9.75. The van der Waals surface area contributed by atoms with Gasteiger partial charge >= 0.3 is 0 Å². The van der Waals surface area contributed by atoms with Gasteiger partial charge in [0.15, 0.2) is 0 Å². The van der Waals surface area contributed by atoms with Crippen LogP contribution >= 0.6 is 0 Å². The minimum absolute atomic E-state index is 0.0589. The van der Waals surface area contributed by atoms with Crippen molar-refractivity contribution in [2.24, 2.45) is 0 Å². The first-order valence-corrected chi connectivity index (χ1v) is 9.46. The number of hydrogen-bond donors (Lipinski definition) is 1. The highest BCUT2D eigenvalue weighted by atomic mass is 16.5. The molecule has 2 aromatic rings. The van der Waals surface area contributed by atoms with Crippen LogP contribution in [0.25, 0.3) is 6.08 Å². The van der Waals surface area contributed by atoms with Gasteiger partial charge in [-0.1, -0.05) is 51.1 Å². The number of ether oxygens (including phenoxy) is 1. The number of carbonyl (C=O) groups excluding carboxylic acids is 1. The molecule has 0 aliphatic carbocycles. The summed E-state index contributed by atoms with van der Waals surface area (Å²) in [5.74, 6) is 0.882.